The molecule has 4 atom stereocenters. The van der Waals surface area contributed by atoms with Crippen LogP contribution in [0, 0.1) is 11.8 Å². The Kier molecular flexibility index (Phi) is 11.1. The standard InChI is InChI=1S/C39H54F3N3O8Si/c1-8-10-16-49-26-20-23(21-45-14-12-13-15-45)32(51-39(40,41)42)24-18-22-19-25-30(43)33-29(36(44-52-33)50-17-11-9-2)35(48)38(25,53-54(6,7)37(3,4)5)34(47)27(22)31(46)28(24)26/h20,22,25,30,47H,8-19,21,43H2,1-7H3/t22-,25-,30-,38-/m0/s1. The van der Waals surface area contributed by atoms with Gasteiger partial charge < -0.3 is 34.0 Å². The highest BCUT2D eigenvalue weighted by Gasteiger charge is 2.66. The van der Waals surface area contributed by atoms with Crippen molar-refractivity contribution in [3.63, 3.8) is 0 Å². The van der Waals surface area contributed by atoms with Crippen molar-refractivity contribution in [1.82, 2.24) is 10.1 Å². The molecule has 1 aliphatic heterocycles. The second kappa shape index (κ2) is 14.9. The number of ether oxygens (including phenoxy) is 3. The molecule has 0 unspecified atom stereocenters. The molecular weight excluding hydrogens is 724 g/mol. The van der Waals surface area contributed by atoms with Crippen LogP contribution in [-0.2, 0) is 17.4 Å². The molecule has 3 aliphatic carbocycles. The number of allylic oxidation sites excluding steroid dienone is 1. The van der Waals surface area contributed by atoms with Crippen LogP contribution in [0.25, 0.3) is 0 Å². The van der Waals surface area contributed by atoms with Crippen LogP contribution in [0.2, 0.25) is 18.1 Å². The largest absolute Gasteiger partial charge is 0.573 e. The lowest BCUT2D eigenvalue weighted by Crippen LogP contribution is -2.64. The summed E-state index contributed by atoms with van der Waals surface area (Å²) in [5.74, 6) is -4.11. The molecule has 4 aliphatic rings. The number of hydrogen-bond donors (Lipinski definition) is 2. The molecule has 0 saturated carbocycles. The number of aliphatic hydroxyl groups is 1. The van der Waals surface area contributed by atoms with Crippen molar-refractivity contribution in [3.05, 3.63) is 45.4 Å². The van der Waals surface area contributed by atoms with E-state index in [9.17, 15) is 18.3 Å². The van der Waals surface area contributed by atoms with Gasteiger partial charge in [-0.25, -0.2) is 0 Å². The summed E-state index contributed by atoms with van der Waals surface area (Å²) in [6.45, 7) is 15.9. The number of carbonyl (C=O) groups is 2. The highest BCUT2D eigenvalue weighted by Crippen LogP contribution is 2.59. The maximum atomic E-state index is 15.1. The van der Waals surface area contributed by atoms with Gasteiger partial charge in [0.15, 0.2) is 25.5 Å². The van der Waals surface area contributed by atoms with E-state index in [1.807, 2.05) is 47.7 Å². The number of aromatic nitrogens is 1. The summed E-state index contributed by atoms with van der Waals surface area (Å²) in [5.41, 5.74) is 4.90. The van der Waals surface area contributed by atoms with Crippen LogP contribution in [0.15, 0.2) is 21.9 Å². The van der Waals surface area contributed by atoms with Crippen LogP contribution in [0.3, 0.4) is 0 Å². The number of ketones is 2. The Balaban J connectivity index is 1.57. The predicted octanol–water partition coefficient (Wildman–Crippen LogP) is 8.37. The molecule has 298 valence electrons. The van der Waals surface area contributed by atoms with Gasteiger partial charge in [-0.3, -0.25) is 14.5 Å². The predicted molar refractivity (Wildman–Crippen MR) is 197 cm³/mol. The first-order chi connectivity index (χ1) is 25.4. The van der Waals surface area contributed by atoms with E-state index in [0.717, 1.165) is 38.8 Å². The molecule has 2 heterocycles. The quantitative estimate of drug-likeness (QED) is 0.149. The average molecular weight is 778 g/mol. The van der Waals surface area contributed by atoms with Gasteiger partial charge in [-0.05, 0) is 86.9 Å². The molecule has 3 N–H and O–H groups in total. The Morgan fingerprint density at radius 2 is 1.70 bits per heavy atom. The van der Waals surface area contributed by atoms with Crippen molar-refractivity contribution in [2.75, 3.05) is 26.3 Å². The van der Waals surface area contributed by atoms with Gasteiger partial charge in [0.05, 0.1) is 24.8 Å². The molecular formula is C39H54F3N3O8Si. The number of hydrogen-bond acceptors (Lipinski definition) is 11. The maximum absolute atomic E-state index is 15.1. The number of carbonyl (C=O) groups excluding carboxylic acids is 2. The Morgan fingerprint density at radius 1 is 1.06 bits per heavy atom. The molecule has 6 rings (SSSR count). The smallest absolute Gasteiger partial charge is 0.508 e. The van der Waals surface area contributed by atoms with E-state index in [0.29, 0.717) is 12.8 Å². The number of benzene rings is 1. The third kappa shape index (κ3) is 7.09. The second-order valence-electron chi connectivity index (χ2n) is 16.7. The van der Waals surface area contributed by atoms with Gasteiger partial charge in [0, 0.05) is 29.2 Å². The third-order valence-electron chi connectivity index (χ3n) is 11.9. The Labute approximate surface area is 315 Å². The van der Waals surface area contributed by atoms with Crippen molar-refractivity contribution >= 4 is 19.9 Å². The van der Waals surface area contributed by atoms with Gasteiger partial charge >= 0.3 is 6.36 Å². The lowest BCUT2D eigenvalue weighted by Gasteiger charge is -2.53. The molecule has 1 aromatic heterocycles. The molecule has 0 spiro atoms. The summed E-state index contributed by atoms with van der Waals surface area (Å²) in [7, 11) is -2.96. The van der Waals surface area contributed by atoms with Crippen LogP contribution < -0.4 is 19.9 Å². The highest BCUT2D eigenvalue weighted by molar-refractivity contribution is 6.74. The van der Waals surface area contributed by atoms with Crippen molar-refractivity contribution in [1.29, 1.82) is 0 Å². The van der Waals surface area contributed by atoms with E-state index < -0.39 is 66.3 Å². The molecule has 0 amide bonds. The van der Waals surface area contributed by atoms with Crippen molar-refractivity contribution in [2.45, 2.75) is 129 Å². The van der Waals surface area contributed by atoms with Crippen molar-refractivity contribution in [2.24, 2.45) is 17.6 Å². The molecule has 1 saturated heterocycles. The number of rotatable bonds is 13. The second-order valence-corrected chi connectivity index (χ2v) is 21.4. The number of Topliss-reactive ketones (excluding diaryl/α,β-unsaturated/α-hetero) is 2. The number of nitrogens with zero attached hydrogens (tertiary/aromatic N) is 2. The van der Waals surface area contributed by atoms with Gasteiger partial charge in [0.1, 0.15) is 22.8 Å². The van der Waals surface area contributed by atoms with Crippen LogP contribution >= 0.6 is 0 Å². The zero-order valence-corrected chi connectivity index (χ0v) is 33.4. The average Bonchev–Trinajstić information content (AvgIpc) is 3.75. The highest BCUT2D eigenvalue weighted by atomic mass is 28.4. The summed E-state index contributed by atoms with van der Waals surface area (Å²) in [6.07, 6.45) is -0.350. The molecule has 11 nitrogen and oxygen atoms in total. The lowest BCUT2D eigenvalue weighted by molar-refractivity contribution is -0.275. The normalized spacial score (nSPS) is 24.6. The number of likely N-dealkylation sites (tertiary alicyclic amines) is 1. The minimum atomic E-state index is -5.05. The van der Waals surface area contributed by atoms with Gasteiger partial charge in [0.25, 0.3) is 5.88 Å². The van der Waals surface area contributed by atoms with E-state index in [4.69, 9.17) is 28.9 Å². The minimum Gasteiger partial charge on any atom is -0.508 e. The first kappa shape index (κ1) is 40.3. The number of aliphatic hydroxyl groups excluding tert-OH is 1. The zero-order chi connectivity index (χ0) is 39.4. The van der Waals surface area contributed by atoms with Crippen LogP contribution in [0.1, 0.15) is 123 Å². The van der Waals surface area contributed by atoms with E-state index in [-0.39, 0.29) is 77.8 Å². The van der Waals surface area contributed by atoms with Crippen LogP contribution in [-0.4, -0.2) is 73.3 Å². The number of unbranched alkanes of at least 4 members (excludes halogenated alkanes) is 2. The number of alkyl halides is 3. The Morgan fingerprint density at radius 3 is 2.31 bits per heavy atom. The van der Waals surface area contributed by atoms with Crippen LogP contribution in [0.5, 0.6) is 17.4 Å². The zero-order valence-electron chi connectivity index (χ0n) is 32.4. The lowest BCUT2D eigenvalue weighted by atomic mass is 9.59. The van der Waals surface area contributed by atoms with Crippen molar-refractivity contribution in [3.8, 4) is 17.4 Å². The minimum absolute atomic E-state index is 0.0199. The molecule has 2 aromatic rings. The number of nitrogens with two attached hydrogens (primary N) is 1. The van der Waals surface area contributed by atoms with Gasteiger partial charge in [-0.1, -0.05) is 47.5 Å². The number of halogens is 3. The molecule has 54 heavy (non-hydrogen) atoms. The van der Waals surface area contributed by atoms with Crippen molar-refractivity contribution < 1.29 is 51.0 Å². The molecule has 0 radical (unpaired) electrons. The molecule has 1 fully saturated rings. The van der Waals surface area contributed by atoms with Gasteiger partial charge in [-0.2, -0.15) is 0 Å². The Hall–Kier alpha value is -3.40. The summed E-state index contributed by atoms with van der Waals surface area (Å²) < 4.78 is 72.2. The van der Waals surface area contributed by atoms with E-state index in [2.05, 4.69) is 10.1 Å². The fourth-order valence-electron chi connectivity index (χ4n) is 8.10. The fraction of sp³-hybridized carbons (Fsp3) is 0.667. The summed E-state index contributed by atoms with van der Waals surface area (Å²) in [5, 5.41) is 16.3. The van der Waals surface area contributed by atoms with E-state index in [1.165, 1.54) is 6.07 Å². The Bertz CT molecular complexity index is 1800. The molecule has 0 bridgehead atoms. The maximum Gasteiger partial charge on any atom is 0.573 e. The molecule has 15 heteroatoms. The SMILES string of the molecule is CCCCOc1cc(CN2CCCC2)c(OC(F)(F)F)c2c1C(=O)C1=C(O)[C@]3(O[Si](C)(C)C(C)(C)C)C(=O)c4c(OCCCC)noc4[C@@H](N)[C@@H]3C[C@@H]1C2. The summed E-state index contributed by atoms with van der Waals surface area (Å²) in [6, 6.07) is 0.432. The topological polar surface area (TPSA) is 147 Å². The monoisotopic (exact) mass is 777 g/mol. The van der Waals surface area contributed by atoms with E-state index in [1.54, 1.807) is 0 Å². The summed E-state index contributed by atoms with van der Waals surface area (Å²) >= 11 is 0. The fourth-order valence-corrected chi connectivity index (χ4v) is 9.55. The molecule has 1 aromatic carbocycles. The first-order valence-electron chi connectivity index (χ1n) is 19.3. The summed E-state index contributed by atoms with van der Waals surface area (Å²) in [4.78, 5) is 32.2. The van der Waals surface area contributed by atoms with E-state index >= 15 is 9.59 Å². The number of fused-ring (bicyclic) bond motifs is 4. The van der Waals surface area contributed by atoms with Gasteiger partial charge in [0.2, 0.25) is 5.78 Å². The third-order valence-corrected chi connectivity index (χ3v) is 16.4. The van der Waals surface area contributed by atoms with Crippen LogP contribution in [0.4, 0.5) is 13.2 Å². The first-order valence-corrected chi connectivity index (χ1v) is 22.2. The van der Waals surface area contributed by atoms with Gasteiger partial charge in [-0.15, -0.1) is 13.2 Å².